The highest BCUT2D eigenvalue weighted by Gasteiger charge is 2.36. The Hall–Kier alpha value is -0.650. The Morgan fingerprint density at radius 1 is 1.45 bits per heavy atom. The Balaban J connectivity index is 2.58. The van der Waals surface area contributed by atoms with Crippen molar-refractivity contribution in [3.8, 4) is 0 Å². The maximum atomic E-state index is 11.6. The molecule has 1 aliphatic heterocycles. The van der Waals surface area contributed by atoms with Crippen LogP contribution in [0.3, 0.4) is 0 Å². The van der Waals surface area contributed by atoms with Gasteiger partial charge in [0.25, 0.3) is 0 Å². The lowest BCUT2D eigenvalue weighted by molar-refractivity contribution is -0.145. The highest BCUT2D eigenvalue weighted by atomic mass is 16.4. The van der Waals surface area contributed by atoms with E-state index in [0.29, 0.717) is 12.6 Å². The van der Waals surface area contributed by atoms with E-state index in [2.05, 4.69) is 29.1 Å². The fraction of sp³-hybridized carbons (Fsp3) is 0.933. The van der Waals surface area contributed by atoms with Gasteiger partial charge in [-0.3, -0.25) is 10.1 Å². The Labute approximate surface area is 123 Å². The second-order valence-electron chi connectivity index (χ2n) is 6.52. The molecule has 0 saturated carbocycles. The predicted molar refractivity (Wildman–Crippen MR) is 82.1 cm³/mol. The molecule has 0 aromatic carbocycles. The predicted octanol–water partition coefficient (Wildman–Crippen LogP) is 1.24. The molecule has 1 aliphatic rings. The van der Waals surface area contributed by atoms with Gasteiger partial charge in [-0.2, -0.15) is 0 Å². The zero-order valence-corrected chi connectivity index (χ0v) is 13.6. The normalized spacial score (nSPS) is 21.4. The van der Waals surface area contributed by atoms with Crippen molar-refractivity contribution in [2.75, 3.05) is 33.2 Å². The molecule has 1 saturated heterocycles. The molecule has 5 heteroatoms. The number of carbonyl (C=O) groups is 1. The minimum atomic E-state index is -0.884. The summed E-state index contributed by atoms with van der Waals surface area (Å²) in [5.41, 5.74) is -0.884. The van der Waals surface area contributed by atoms with Crippen molar-refractivity contribution in [2.45, 2.75) is 58.2 Å². The number of rotatable bonds is 7. The molecule has 1 unspecified atom stereocenters. The van der Waals surface area contributed by atoms with Gasteiger partial charge >= 0.3 is 5.97 Å². The van der Waals surface area contributed by atoms with Crippen LogP contribution < -0.4 is 5.32 Å². The van der Waals surface area contributed by atoms with Crippen LogP contribution >= 0.6 is 0 Å². The Morgan fingerprint density at radius 3 is 2.40 bits per heavy atom. The molecule has 1 heterocycles. The van der Waals surface area contributed by atoms with Crippen LogP contribution in [0.5, 0.6) is 0 Å². The third-order valence-corrected chi connectivity index (χ3v) is 4.27. The number of nitrogens with zero attached hydrogens (tertiary/aromatic N) is 2. The van der Waals surface area contributed by atoms with Crippen LogP contribution in [0.4, 0.5) is 0 Å². The number of hydrogen-bond acceptors (Lipinski definition) is 4. The van der Waals surface area contributed by atoms with Gasteiger partial charge in [-0.15, -0.1) is 0 Å². The third kappa shape index (κ3) is 4.72. The molecule has 2 N–H and O–H groups in total. The molecule has 20 heavy (non-hydrogen) atoms. The molecule has 0 spiro atoms. The van der Waals surface area contributed by atoms with Crippen LogP contribution in [-0.2, 0) is 4.79 Å². The molecule has 0 aromatic rings. The second kappa shape index (κ2) is 7.38. The lowest BCUT2D eigenvalue weighted by Crippen LogP contribution is -2.60. The van der Waals surface area contributed by atoms with E-state index < -0.39 is 11.5 Å². The molecule has 0 aliphatic carbocycles. The maximum Gasteiger partial charge on any atom is 0.324 e. The van der Waals surface area contributed by atoms with Crippen LogP contribution in [0.15, 0.2) is 0 Å². The van der Waals surface area contributed by atoms with Gasteiger partial charge in [0.05, 0.1) is 0 Å². The van der Waals surface area contributed by atoms with Crippen molar-refractivity contribution >= 4 is 5.97 Å². The van der Waals surface area contributed by atoms with E-state index in [1.165, 1.54) is 0 Å². The summed E-state index contributed by atoms with van der Waals surface area (Å²) in [4.78, 5) is 16.2. The lowest BCUT2D eigenvalue weighted by atomic mass is 9.97. The SMILES string of the molecule is CCN1CCC(N(C)CC(C)(NC(C)C)C(=O)O)CC1. The van der Waals surface area contributed by atoms with Gasteiger partial charge in [-0.25, -0.2) is 0 Å². The van der Waals surface area contributed by atoms with E-state index in [-0.39, 0.29) is 6.04 Å². The smallest absolute Gasteiger partial charge is 0.324 e. The molecule has 5 nitrogen and oxygen atoms in total. The average Bonchev–Trinajstić information content (AvgIpc) is 2.37. The molecule has 0 bridgehead atoms. The monoisotopic (exact) mass is 285 g/mol. The van der Waals surface area contributed by atoms with E-state index in [1.807, 2.05) is 13.8 Å². The highest BCUT2D eigenvalue weighted by molar-refractivity contribution is 5.78. The van der Waals surface area contributed by atoms with Gasteiger partial charge in [0.2, 0.25) is 0 Å². The molecule has 118 valence electrons. The number of piperidine rings is 1. The van der Waals surface area contributed by atoms with Gasteiger partial charge in [-0.05, 0) is 60.3 Å². The fourth-order valence-corrected chi connectivity index (χ4v) is 3.12. The molecule has 0 amide bonds. The van der Waals surface area contributed by atoms with E-state index in [9.17, 15) is 9.90 Å². The van der Waals surface area contributed by atoms with Crippen LogP contribution in [0.1, 0.15) is 40.5 Å². The first kappa shape index (κ1) is 17.4. The highest BCUT2D eigenvalue weighted by Crippen LogP contribution is 2.18. The van der Waals surface area contributed by atoms with Crippen molar-refractivity contribution in [1.29, 1.82) is 0 Å². The zero-order valence-electron chi connectivity index (χ0n) is 13.6. The summed E-state index contributed by atoms with van der Waals surface area (Å²) in [6.07, 6.45) is 2.25. The van der Waals surface area contributed by atoms with Gasteiger partial charge < -0.3 is 14.9 Å². The Morgan fingerprint density at radius 2 is 2.00 bits per heavy atom. The second-order valence-corrected chi connectivity index (χ2v) is 6.52. The van der Waals surface area contributed by atoms with Gasteiger partial charge in [0.15, 0.2) is 0 Å². The summed E-state index contributed by atoms with van der Waals surface area (Å²) in [6.45, 7) is 11.8. The Kier molecular flexibility index (Phi) is 6.43. The first-order valence-corrected chi connectivity index (χ1v) is 7.72. The summed E-state index contributed by atoms with van der Waals surface area (Å²) < 4.78 is 0. The standard InChI is InChI=1S/C15H31N3O2/c1-6-18-9-7-13(8-10-18)17(5)11-15(4,14(19)20)16-12(2)3/h12-13,16H,6-11H2,1-5H3,(H,19,20). The van der Waals surface area contributed by atoms with E-state index in [1.54, 1.807) is 6.92 Å². The largest absolute Gasteiger partial charge is 0.480 e. The number of hydrogen-bond donors (Lipinski definition) is 2. The number of carboxylic acid groups (broad SMARTS) is 1. The first-order valence-electron chi connectivity index (χ1n) is 7.72. The van der Waals surface area contributed by atoms with Gasteiger partial charge in [0, 0.05) is 18.6 Å². The van der Waals surface area contributed by atoms with Gasteiger partial charge in [0.1, 0.15) is 5.54 Å². The molecule has 0 radical (unpaired) electrons. The number of likely N-dealkylation sites (tertiary alicyclic amines) is 1. The van der Waals surface area contributed by atoms with E-state index >= 15 is 0 Å². The van der Waals surface area contributed by atoms with Crippen LogP contribution in [0, 0.1) is 0 Å². The number of carboxylic acids is 1. The van der Waals surface area contributed by atoms with Crippen molar-refractivity contribution in [3.05, 3.63) is 0 Å². The molecule has 1 fully saturated rings. The quantitative estimate of drug-likeness (QED) is 0.737. The van der Waals surface area contributed by atoms with Crippen molar-refractivity contribution in [1.82, 2.24) is 15.1 Å². The summed E-state index contributed by atoms with van der Waals surface area (Å²) in [6, 6.07) is 0.650. The minimum absolute atomic E-state index is 0.159. The number of nitrogens with one attached hydrogen (secondary N) is 1. The summed E-state index contributed by atoms with van der Waals surface area (Å²) >= 11 is 0. The minimum Gasteiger partial charge on any atom is -0.480 e. The molecule has 1 atom stereocenters. The van der Waals surface area contributed by atoms with E-state index in [0.717, 1.165) is 32.5 Å². The lowest BCUT2D eigenvalue weighted by Gasteiger charge is -2.40. The van der Waals surface area contributed by atoms with Crippen molar-refractivity contribution < 1.29 is 9.90 Å². The summed E-state index contributed by atoms with van der Waals surface area (Å²) in [5.74, 6) is -0.774. The molecular formula is C15H31N3O2. The zero-order chi connectivity index (χ0) is 15.3. The third-order valence-electron chi connectivity index (χ3n) is 4.27. The average molecular weight is 285 g/mol. The number of aliphatic carboxylic acids is 1. The molecular weight excluding hydrogens is 254 g/mol. The topological polar surface area (TPSA) is 55.8 Å². The summed E-state index contributed by atoms with van der Waals surface area (Å²) in [5, 5.41) is 12.7. The molecule has 1 rings (SSSR count). The first-order chi connectivity index (χ1) is 9.28. The summed E-state index contributed by atoms with van der Waals surface area (Å²) in [7, 11) is 2.05. The van der Waals surface area contributed by atoms with Crippen LogP contribution in [0.25, 0.3) is 0 Å². The molecule has 0 aromatic heterocycles. The van der Waals surface area contributed by atoms with Crippen LogP contribution in [0.2, 0.25) is 0 Å². The van der Waals surface area contributed by atoms with E-state index in [4.69, 9.17) is 0 Å². The Bertz CT molecular complexity index is 314. The van der Waals surface area contributed by atoms with Crippen LogP contribution in [-0.4, -0.2) is 71.7 Å². The van der Waals surface area contributed by atoms with Crippen molar-refractivity contribution in [2.24, 2.45) is 0 Å². The number of likely N-dealkylation sites (N-methyl/N-ethyl adjacent to an activating group) is 1. The maximum absolute atomic E-state index is 11.6. The fourth-order valence-electron chi connectivity index (χ4n) is 3.12. The van der Waals surface area contributed by atoms with Gasteiger partial charge in [-0.1, -0.05) is 6.92 Å². The van der Waals surface area contributed by atoms with Crippen molar-refractivity contribution in [3.63, 3.8) is 0 Å².